The van der Waals surface area contributed by atoms with E-state index in [-0.39, 0.29) is 24.2 Å². The topological polar surface area (TPSA) is 42.0 Å². The Morgan fingerprint density at radius 1 is 1.57 bits per heavy atom. The number of fused-ring (bicyclic) bond motifs is 4. The van der Waals surface area contributed by atoms with Gasteiger partial charge < -0.3 is 9.64 Å². The molecular weight excluding hydrogens is 184 g/mol. The smallest absolute Gasteiger partial charge is 0.254 e. The molecule has 0 aromatic rings. The fraction of sp³-hybridized carbons (Fsp3) is 0.889. The Hall–Kier alpha value is -0.650. The molecule has 4 atom stereocenters. The van der Waals surface area contributed by atoms with Crippen molar-refractivity contribution in [2.24, 2.45) is 0 Å². The number of methoxy groups -OCH3 is 1. The van der Waals surface area contributed by atoms with Crippen molar-refractivity contribution in [3.63, 3.8) is 0 Å². The van der Waals surface area contributed by atoms with Crippen molar-refractivity contribution in [1.82, 2.24) is 9.96 Å². The van der Waals surface area contributed by atoms with Crippen LogP contribution in [0.2, 0.25) is 0 Å². The Bertz CT molecular complexity index is 283. The van der Waals surface area contributed by atoms with Crippen molar-refractivity contribution in [2.45, 2.75) is 30.7 Å². The average Bonchev–Trinajstić information content (AvgIpc) is 2.47. The van der Waals surface area contributed by atoms with Crippen LogP contribution >= 0.6 is 0 Å². The van der Waals surface area contributed by atoms with E-state index >= 15 is 0 Å². The second-order valence-corrected chi connectivity index (χ2v) is 4.21. The standard InChI is InChI=1S/C9H14N2O3/c1-10-6-3-5(14-10)4-11-7(6)8(13-2)9(11)12/h5-8H,3-4H2,1-2H3/t5-,6+,7+,8-/m1/s1. The Balaban J connectivity index is 1.86. The minimum absolute atomic E-state index is 0.117. The maximum atomic E-state index is 11.6. The van der Waals surface area contributed by atoms with Crippen molar-refractivity contribution in [1.29, 1.82) is 0 Å². The third-order valence-corrected chi connectivity index (χ3v) is 3.53. The summed E-state index contributed by atoms with van der Waals surface area (Å²) in [7, 11) is 3.53. The van der Waals surface area contributed by atoms with Gasteiger partial charge in [-0.2, -0.15) is 5.06 Å². The Kier molecular flexibility index (Phi) is 1.66. The monoisotopic (exact) mass is 198 g/mol. The fourth-order valence-corrected chi connectivity index (χ4v) is 2.86. The molecule has 0 N–H and O–H groups in total. The zero-order valence-electron chi connectivity index (χ0n) is 8.34. The summed E-state index contributed by atoms with van der Waals surface area (Å²) >= 11 is 0. The van der Waals surface area contributed by atoms with Gasteiger partial charge in [-0.3, -0.25) is 9.63 Å². The van der Waals surface area contributed by atoms with Crippen molar-refractivity contribution in [3.05, 3.63) is 0 Å². The molecule has 0 spiro atoms. The number of rotatable bonds is 1. The molecule has 0 radical (unpaired) electrons. The van der Waals surface area contributed by atoms with E-state index in [0.717, 1.165) is 13.0 Å². The van der Waals surface area contributed by atoms with Gasteiger partial charge in [-0.05, 0) is 6.42 Å². The van der Waals surface area contributed by atoms with Crippen LogP contribution in [0.5, 0.6) is 0 Å². The van der Waals surface area contributed by atoms with Gasteiger partial charge in [-0.1, -0.05) is 0 Å². The highest BCUT2D eigenvalue weighted by Crippen LogP contribution is 2.39. The first-order chi connectivity index (χ1) is 6.72. The number of amides is 1. The molecule has 3 saturated heterocycles. The number of carbonyl (C=O) groups excluding carboxylic acids is 1. The molecule has 3 aliphatic rings. The molecule has 5 nitrogen and oxygen atoms in total. The summed E-state index contributed by atoms with van der Waals surface area (Å²) in [5.74, 6) is 0.117. The fourth-order valence-electron chi connectivity index (χ4n) is 2.86. The van der Waals surface area contributed by atoms with Crippen LogP contribution in [0.15, 0.2) is 0 Å². The van der Waals surface area contributed by atoms with Crippen LogP contribution in [0.1, 0.15) is 6.42 Å². The van der Waals surface area contributed by atoms with Gasteiger partial charge in [-0.15, -0.1) is 0 Å². The number of hydrogen-bond donors (Lipinski definition) is 0. The number of hydroxylamine groups is 2. The Morgan fingerprint density at radius 3 is 3.07 bits per heavy atom. The summed E-state index contributed by atoms with van der Waals surface area (Å²) in [6, 6.07) is 0.521. The third kappa shape index (κ3) is 0.872. The van der Waals surface area contributed by atoms with Crippen LogP contribution in [0.25, 0.3) is 0 Å². The molecule has 0 unspecified atom stereocenters. The van der Waals surface area contributed by atoms with Crippen LogP contribution in [0.4, 0.5) is 0 Å². The molecule has 5 heteroatoms. The quantitative estimate of drug-likeness (QED) is 0.519. The summed E-state index contributed by atoms with van der Waals surface area (Å²) in [6.45, 7) is 0.726. The predicted octanol–water partition coefficient (Wildman–Crippen LogP) is -0.770. The van der Waals surface area contributed by atoms with E-state index in [2.05, 4.69) is 0 Å². The largest absolute Gasteiger partial charge is 0.369 e. The SMILES string of the molecule is CO[C@H]1C(=O)N2C[C@H]3C[C@@H]([C@@H]12)N(C)O3. The molecule has 2 bridgehead atoms. The summed E-state index contributed by atoms with van der Waals surface area (Å²) in [6.07, 6.45) is 0.971. The van der Waals surface area contributed by atoms with Crippen molar-refractivity contribution >= 4 is 5.91 Å². The summed E-state index contributed by atoms with van der Waals surface area (Å²) in [5, 5.41) is 1.88. The van der Waals surface area contributed by atoms with Crippen LogP contribution in [-0.2, 0) is 14.4 Å². The number of β-lactam (4-membered cyclic amide) rings is 1. The van der Waals surface area contributed by atoms with Crippen molar-refractivity contribution in [3.8, 4) is 0 Å². The van der Waals surface area contributed by atoms with E-state index in [9.17, 15) is 4.79 Å². The van der Waals surface area contributed by atoms with E-state index in [0.29, 0.717) is 6.04 Å². The summed E-state index contributed by atoms with van der Waals surface area (Å²) < 4.78 is 5.19. The number of carbonyl (C=O) groups is 1. The highest BCUT2D eigenvalue weighted by molar-refractivity contribution is 5.89. The molecule has 3 fully saturated rings. The highest BCUT2D eigenvalue weighted by Gasteiger charge is 2.59. The van der Waals surface area contributed by atoms with Crippen LogP contribution in [0, 0.1) is 0 Å². The van der Waals surface area contributed by atoms with E-state index in [1.54, 1.807) is 7.11 Å². The van der Waals surface area contributed by atoms with Crippen LogP contribution < -0.4 is 0 Å². The maximum Gasteiger partial charge on any atom is 0.254 e. The van der Waals surface area contributed by atoms with Gasteiger partial charge in [-0.25, -0.2) is 0 Å². The second kappa shape index (κ2) is 2.68. The normalized spacial score (nSPS) is 46.4. The zero-order chi connectivity index (χ0) is 9.87. The molecule has 78 valence electrons. The minimum Gasteiger partial charge on any atom is -0.369 e. The molecule has 1 amide bonds. The van der Waals surface area contributed by atoms with Gasteiger partial charge in [0.15, 0.2) is 6.10 Å². The number of likely N-dealkylation sites (N-methyl/N-ethyl adjacent to an activating group) is 1. The molecule has 0 aliphatic carbocycles. The molecule has 3 aliphatic heterocycles. The second-order valence-electron chi connectivity index (χ2n) is 4.21. The molecule has 0 aromatic carbocycles. The minimum atomic E-state index is -0.245. The van der Waals surface area contributed by atoms with Gasteiger partial charge in [0.2, 0.25) is 0 Å². The Morgan fingerprint density at radius 2 is 2.36 bits per heavy atom. The first kappa shape index (κ1) is 8.64. The van der Waals surface area contributed by atoms with Gasteiger partial charge >= 0.3 is 0 Å². The number of nitrogens with zero attached hydrogens (tertiary/aromatic N) is 2. The van der Waals surface area contributed by atoms with Crippen LogP contribution in [-0.4, -0.2) is 60.9 Å². The van der Waals surface area contributed by atoms with Gasteiger partial charge in [0.1, 0.15) is 0 Å². The van der Waals surface area contributed by atoms with E-state index < -0.39 is 0 Å². The number of hydrogen-bond acceptors (Lipinski definition) is 4. The molecule has 14 heavy (non-hydrogen) atoms. The third-order valence-electron chi connectivity index (χ3n) is 3.53. The molecule has 3 heterocycles. The first-order valence-corrected chi connectivity index (χ1v) is 4.95. The molecular formula is C9H14N2O3. The van der Waals surface area contributed by atoms with E-state index in [1.165, 1.54) is 0 Å². The molecule has 3 rings (SSSR count). The number of piperidine rings is 1. The summed E-state index contributed by atoms with van der Waals surface area (Å²) in [5.41, 5.74) is 0. The number of ether oxygens (including phenoxy) is 1. The lowest BCUT2D eigenvalue weighted by molar-refractivity contribution is -0.178. The maximum absolute atomic E-state index is 11.6. The van der Waals surface area contributed by atoms with Gasteiger partial charge in [0.25, 0.3) is 5.91 Å². The van der Waals surface area contributed by atoms with Gasteiger partial charge in [0.05, 0.1) is 18.2 Å². The Labute approximate surface area is 82.5 Å². The van der Waals surface area contributed by atoms with E-state index in [1.807, 2.05) is 17.0 Å². The van der Waals surface area contributed by atoms with E-state index in [4.69, 9.17) is 9.57 Å². The zero-order valence-corrected chi connectivity index (χ0v) is 8.34. The highest BCUT2D eigenvalue weighted by atomic mass is 16.7. The molecule has 0 aromatic heterocycles. The first-order valence-electron chi connectivity index (χ1n) is 4.95. The van der Waals surface area contributed by atoms with Crippen LogP contribution in [0.3, 0.4) is 0 Å². The van der Waals surface area contributed by atoms with Crippen molar-refractivity contribution < 1.29 is 14.4 Å². The average molecular weight is 198 g/mol. The lowest BCUT2D eigenvalue weighted by atomic mass is 9.84. The predicted molar refractivity (Wildman–Crippen MR) is 47.3 cm³/mol. The lowest BCUT2D eigenvalue weighted by Crippen LogP contribution is -2.72. The van der Waals surface area contributed by atoms with Gasteiger partial charge in [0, 0.05) is 20.7 Å². The summed E-state index contributed by atoms with van der Waals surface area (Å²) in [4.78, 5) is 19.1. The lowest BCUT2D eigenvalue weighted by Gasteiger charge is -2.51. The molecule has 0 saturated carbocycles. The van der Waals surface area contributed by atoms with Crippen molar-refractivity contribution in [2.75, 3.05) is 20.7 Å².